The van der Waals surface area contributed by atoms with Crippen LogP contribution in [-0.4, -0.2) is 29.3 Å². The maximum atomic E-state index is 13.3. The molecule has 0 saturated heterocycles. The molecule has 0 aliphatic carbocycles. The average Bonchev–Trinajstić information content (AvgIpc) is 2.37. The highest BCUT2D eigenvalue weighted by Gasteiger charge is 2.46. The molecule has 1 aromatic carbocycles. The second kappa shape index (κ2) is 4.99. The summed E-state index contributed by atoms with van der Waals surface area (Å²) in [4.78, 5) is 20.8. The Hall–Kier alpha value is -2.32. The van der Waals surface area contributed by atoms with Gasteiger partial charge < -0.3 is 14.9 Å². The molecule has 0 aromatic heterocycles. The van der Waals surface area contributed by atoms with Gasteiger partial charge in [0, 0.05) is 11.1 Å². The van der Waals surface area contributed by atoms with Crippen LogP contribution in [0.15, 0.2) is 18.2 Å². The lowest BCUT2D eigenvalue weighted by atomic mass is 10.0. The number of carboxylic acids is 2. The van der Waals surface area contributed by atoms with Gasteiger partial charge >= 0.3 is 23.8 Å². The van der Waals surface area contributed by atoms with Crippen molar-refractivity contribution in [2.45, 2.75) is 11.8 Å². The van der Waals surface area contributed by atoms with E-state index in [1.165, 1.54) is 0 Å². The lowest BCUT2D eigenvalue weighted by Gasteiger charge is -2.17. The van der Waals surface area contributed by atoms with Gasteiger partial charge in [0.15, 0.2) is 0 Å². The third kappa shape index (κ3) is 2.65. The fraction of sp³-hybridized carbons (Fsp3) is 0.273. The van der Waals surface area contributed by atoms with Gasteiger partial charge in [0.05, 0.1) is 7.11 Å². The highest BCUT2D eigenvalue weighted by Crippen LogP contribution is 2.37. The number of hydrogen-bond acceptors (Lipinski definition) is 3. The number of alkyl halides is 4. The Kier molecular flexibility index (Phi) is 3.92. The molecule has 0 spiro atoms. The second-order valence-corrected chi connectivity index (χ2v) is 3.71. The van der Waals surface area contributed by atoms with Crippen molar-refractivity contribution in [3.63, 3.8) is 0 Å². The van der Waals surface area contributed by atoms with Crippen molar-refractivity contribution >= 4 is 11.9 Å². The zero-order valence-electron chi connectivity index (χ0n) is 9.86. The zero-order valence-corrected chi connectivity index (χ0v) is 9.86. The number of ether oxygens (including phenoxy) is 1. The van der Waals surface area contributed by atoms with Crippen LogP contribution in [0.1, 0.15) is 11.1 Å². The van der Waals surface area contributed by atoms with Gasteiger partial charge in [0.2, 0.25) is 0 Å². The molecule has 110 valence electrons. The van der Waals surface area contributed by atoms with Crippen molar-refractivity contribution in [1.29, 1.82) is 0 Å². The molecule has 5 nitrogen and oxygen atoms in total. The molecule has 0 aliphatic rings. The van der Waals surface area contributed by atoms with E-state index < -0.39 is 40.7 Å². The van der Waals surface area contributed by atoms with Crippen molar-refractivity contribution in [3.8, 4) is 5.75 Å². The van der Waals surface area contributed by atoms with Gasteiger partial charge in [-0.2, -0.15) is 17.6 Å². The molecule has 0 atom stereocenters. The molecule has 0 heterocycles. The minimum atomic E-state index is -4.46. The first-order chi connectivity index (χ1) is 9.03. The third-order valence-electron chi connectivity index (χ3n) is 2.40. The van der Waals surface area contributed by atoms with Gasteiger partial charge in [-0.05, 0) is 18.2 Å². The van der Waals surface area contributed by atoms with E-state index in [2.05, 4.69) is 4.74 Å². The maximum absolute atomic E-state index is 13.3. The lowest BCUT2D eigenvalue weighted by Crippen LogP contribution is -2.28. The second-order valence-electron chi connectivity index (χ2n) is 3.71. The number of halogens is 4. The molecule has 20 heavy (non-hydrogen) atoms. The first kappa shape index (κ1) is 15.7. The van der Waals surface area contributed by atoms with E-state index in [4.69, 9.17) is 10.2 Å². The first-order valence-corrected chi connectivity index (χ1v) is 4.96. The third-order valence-corrected chi connectivity index (χ3v) is 2.40. The Morgan fingerprint density at radius 2 is 1.30 bits per heavy atom. The number of carbonyl (C=O) groups is 2. The maximum Gasteiger partial charge on any atom is 0.379 e. The fourth-order valence-corrected chi connectivity index (χ4v) is 1.33. The van der Waals surface area contributed by atoms with Crippen LogP contribution >= 0.6 is 0 Å². The highest BCUT2D eigenvalue weighted by molar-refractivity contribution is 5.79. The Labute approximate surface area is 109 Å². The Balaban J connectivity index is 3.52. The van der Waals surface area contributed by atoms with Gasteiger partial charge in [-0.1, -0.05) is 0 Å². The van der Waals surface area contributed by atoms with Gasteiger partial charge in [0.25, 0.3) is 0 Å². The van der Waals surface area contributed by atoms with Gasteiger partial charge in [0.1, 0.15) is 5.75 Å². The smallest absolute Gasteiger partial charge is 0.379 e. The topological polar surface area (TPSA) is 83.8 Å². The summed E-state index contributed by atoms with van der Waals surface area (Å²) in [6, 6.07) is 1.19. The molecule has 9 heteroatoms. The Bertz CT molecular complexity index is 511. The molecule has 0 unspecified atom stereocenters. The van der Waals surface area contributed by atoms with E-state index in [9.17, 15) is 27.2 Å². The number of hydrogen-bond donors (Lipinski definition) is 2. The molecule has 0 radical (unpaired) electrons. The summed E-state index contributed by atoms with van der Waals surface area (Å²) in [5, 5.41) is 16.7. The summed E-state index contributed by atoms with van der Waals surface area (Å²) in [7, 11) is 0.973. The predicted octanol–water partition coefficient (Wildman–Crippen LogP) is 2.05. The first-order valence-electron chi connectivity index (χ1n) is 4.96. The van der Waals surface area contributed by atoms with Gasteiger partial charge in [-0.15, -0.1) is 0 Å². The van der Waals surface area contributed by atoms with Gasteiger partial charge in [-0.25, -0.2) is 9.59 Å². The van der Waals surface area contributed by atoms with E-state index in [1.54, 1.807) is 0 Å². The fourth-order valence-electron chi connectivity index (χ4n) is 1.33. The number of methoxy groups -OCH3 is 1. The van der Waals surface area contributed by atoms with E-state index in [1.807, 2.05) is 0 Å². The molecule has 0 saturated carbocycles. The summed E-state index contributed by atoms with van der Waals surface area (Å²) in [6.07, 6.45) is 0. The van der Waals surface area contributed by atoms with E-state index in [0.717, 1.165) is 7.11 Å². The minimum absolute atomic E-state index is 0.116. The van der Waals surface area contributed by atoms with Crippen molar-refractivity contribution in [2.75, 3.05) is 7.11 Å². The molecule has 1 rings (SSSR count). The predicted molar refractivity (Wildman–Crippen MR) is 56.1 cm³/mol. The summed E-state index contributed by atoms with van der Waals surface area (Å²) in [6.45, 7) is 0. The number of benzene rings is 1. The zero-order chi connectivity index (χ0) is 15.7. The van der Waals surface area contributed by atoms with E-state index in [-0.39, 0.29) is 6.07 Å². The quantitative estimate of drug-likeness (QED) is 0.812. The highest BCUT2D eigenvalue weighted by atomic mass is 19.3. The number of aliphatic carboxylic acids is 2. The summed E-state index contributed by atoms with van der Waals surface area (Å²) in [5.74, 6) is -14.6. The standard InChI is InChI=1S/C11H8F4O5/c1-20-7-3-5(10(12,13)8(16)17)2-6(4-7)11(14,15)9(18)19/h2-4H,1H3,(H,16,17)(H,18,19). The molecule has 2 N–H and O–H groups in total. The lowest BCUT2D eigenvalue weighted by molar-refractivity contribution is -0.167. The minimum Gasteiger partial charge on any atom is -0.497 e. The van der Waals surface area contributed by atoms with Crippen molar-refractivity contribution < 1.29 is 42.1 Å². The van der Waals surface area contributed by atoms with Crippen molar-refractivity contribution in [3.05, 3.63) is 29.3 Å². The molecular weight excluding hydrogens is 288 g/mol. The van der Waals surface area contributed by atoms with Crippen molar-refractivity contribution in [1.82, 2.24) is 0 Å². The van der Waals surface area contributed by atoms with Gasteiger partial charge in [-0.3, -0.25) is 0 Å². The van der Waals surface area contributed by atoms with Crippen LogP contribution in [-0.2, 0) is 21.4 Å². The van der Waals surface area contributed by atoms with Crippen LogP contribution in [0.3, 0.4) is 0 Å². The Morgan fingerprint density at radius 1 is 0.950 bits per heavy atom. The summed E-state index contributed by atoms with van der Waals surface area (Å²) >= 11 is 0. The van der Waals surface area contributed by atoms with Crippen molar-refractivity contribution in [2.24, 2.45) is 0 Å². The van der Waals surface area contributed by atoms with Crippen LogP contribution < -0.4 is 4.74 Å². The SMILES string of the molecule is COc1cc(C(F)(F)C(=O)O)cc(C(F)(F)C(=O)O)c1. The van der Waals surface area contributed by atoms with Crippen LogP contribution in [0.2, 0.25) is 0 Å². The largest absolute Gasteiger partial charge is 0.497 e. The monoisotopic (exact) mass is 296 g/mol. The van der Waals surface area contributed by atoms with Crippen LogP contribution in [0.5, 0.6) is 5.75 Å². The summed E-state index contributed by atoms with van der Waals surface area (Å²) < 4.78 is 57.8. The molecule has 0 amide bonds. The van der Waals surface area contributed by atoms with Crippen LogP contribution in [0.4, 0.5) is 17.6 Å². The Morgan fingerprint density at radius 3 is 1.55 bits per heavy atom. The molecule has 0 bridgehead atoms. The van der Waals surface area contributed by atoms with E-state index >= 15 is 0 Å². The normalized spacial score (nSPS) is 12.1. The van der Waals surface area contributed by atoms with Crippen LogP contribution in [0, 0.1) is 0 Å². The molecule has 0 aliphatic heterocycles. The number of carboxylic acid groups (broad SMARTS) is 2. The summed E-state index contributed by atoms with van der Waals surface area (Å²) in [5.41, 5.74) is -2.61. The molecule has 1 aromatic rings. The number of rotatable bonds is 5. The van der Waals surface area contributed by atoms with Crippen LogP contribution in [0.25, 0.3) is 0 Å². The molecule has 0 fully saturated rings. The van der Waals surface area contributed by atoms with E-state index in [0.29, 0.717) is 12.1 Å². The average molecular weight is 296 g/mol. The molecular formula is C11H8F4O5.